The lowest BCUT2D eigenvalue weighted by Gasteiger charge is -2.01. The van der Waals surface area contributed by atoms with Crippen LogP contribution in [0.15, 0.2) is 53.0 Å². The molecular formula is C17H14BrN3O2S. The molecule has 0 saturated carbocycles. The average Bonchev–Trinajstić information content (AvgIpc) is 3.03. The average molecular weight is 404 g/mol. The van der Waals surface area contributed by atoms with Crippen molar-refractivity contribution in [3.63, 3.8) is 0 Å². The smallest absolute Gasteiger partial charge is 0.257 e. The number of anilines is 1. The van der Waals surface area contributed by atoms with Gasteiger partial charge in [0.15, 0.2) is 0 Å². The number of carbonyl (C=O) groups excluding carboxylic acids is 1. The van der Waals surface area contributed by atoms with E-state index in [0.717, 1.165) is 20.8 Å². The standard InChI is InChI=1S/C17H14BrN3O2S/c1-23-14-8-2-11(3-9-14)10-15-20-21-17(24-15)19-16(22)12-4-6-13(18)7-5-12/h2-9H,10H2,1H3,(H,19,21,22). The Balaban J connectivity index is 1.64. The van der Waals surface area contributed by atoms with Crippen molar-refractivity contribution in [2.24, 2.45) is 0 Å². The topological polar surface area (TPSA) is 64.1 Å². The largest absolute Gasteiger partial charge is 0.497 e. The summed E-state index contributed by atoms with van der Waals surface area (Å²) in [4.78, 5) is 12.2. The van der Waals surface area contributed by atoms with Gasteiger partial charge in [0.2, 0.25) is 5.13 Å². The lowest BCUT2D eigenvalue weighted by Crippen LogP contribution is -2.11. The fourth-order valence-corrected chi connectivity index (χ4v) is 3.10. The molecule has 0 bridgehead atoms. The Bertz CT molecular complexity index is 832. The Morgan fingerprint density at radius 2 is 1.83 bits per heavy atom. The van der Waals surface area contributed by atoms with Gasteiger partial charge in [-0.3, -0.25) is 10.1 Å². The van der Waals surface area contributed by atoms with Gasteiger partial charge in [0.25, 0.3) is 5.91 Å². The molecule has 3 rings (SSSR count). The first-order valence-corrected chi connectivity index (χ1v) is 8.77. The molecule has 0 atom stereocenters. The molecule has 1 N–H and O–H groups in total. The number of amides is 1. The lowest BCUT2D eigenvalue weighted by molar-refractivity contribution is 0.102. The number of carbonyl (C=O) groups is 1. The number of halogens is 1. The molecule has 0 radical (unpaired) electrons. The van der Waals surface area contributed by atoms with Gasteiger partial charge >= 0.3 is 0 Å². The minimum absolute atomic E-state index is 0.199. The summed E-state index contributed by atoms with van der Waals surface area (Å²) in [6, 6.07) is 14.9. The molecular weight excluding hydrogens is 390 g/mol. The van der Waals surface area contributed by atoms with Gasteiger partial charge < -0.3 is 4.74 Å². The van der Waals surface area contributed by atoms with Crippen molar-refractivity contribution in [2.45, 2.75) is 6.42 Å². The van der Waals surface area contributed by atoms with Crippen molar-refractivity contribution in [1.29, 1.82) is 0 Å². The Kier molecular flexibility index (Phi) is 5.22. The van der Waals surface area contributed by atoms with Gasteiger partial charge in [-0.05, 0) is 42.0 Å². The van der Waals surface area contributed by atoms with Crippen LogP contribution in [0.25, 0.3) is 0 Å². The van der Waals surface area contributed by atoms with Gasteiger partial charge in [-0.1, -0.05) is 39.4 Å². The van der Waals surface area contributed by atoms with E-state index in [1.54, 1.807) is 19.2 Å². The number of methoxy groups -OCH3 is 1. The normalized spacial score (nSPS) is 10.4. The molecule has 2 aromatic carbocycles. The van der Waals surface area contributed by atoms with Gasteiger partial charge in [-0.15, -0.1) is 10.2 Å². The second-order valence-electron chi connectivity index (χ2n) is 4.99. The van der Waals surface area contributed by atoms with Crippen LogP contribution in [-0.4, -0.2) is 23.2 Å². The predicted molar refractivity (Wildman–Crippen MR) is 97.8 cm³/mol. The van der Waals surface area contributed by atoms with Crippen LogP contribution >= 0.6 is 27.3 Å². The highest BCUT2D eigenvalue weighted by molar-refractivity contribution is 9.10. The van der Waals surface area contributed by atoms with Crippen LogP contribution in [0.3, 0.4) is 0 Å². The molecule has 24 heavy (non-hydrogen) atoms. The molecule has 1 aromatic heterocycles. The van der Waals surface area contributed by atoms with Gasteiger partial charge in [0.05, 0.1) is 7.11 Å². The van der Waals surface area contributed by atoms with Crippen LogP contribution in [0, 0.1) is 0 Å². The van der Waals surface area contributed by atoms with E-state index in [9.17, 15) is 4.79 Å². The maximum atomic E-state index is 12.2. The molecule has 1 amide bonds. The van der Waals surface area contributed by atoms with E-state index in [0.29, 0.717) is 17.1 Å². The van der Waals surface area contributed by atoms with Gasteiger partial charge in [-0.2, -0.15) is 0 Å². The van der Waals surface area contributed by atoms with Crippen molar-refractivity contribution in [1.82, 2.24) is 10.2 Å². The number of nitrogens with one attached hydrogen (secondary N) is 1. The zero-order valence-corrected chi connectivity index (χ0v) is 15.2. The third-order valence-electron chi connectivity index (χ3n) is 3.31. The maximum Gasteiger partial charge on any atom is 0.257 e. The molecule has 1 heterocycles. The molecule has 122 valence electrons. The van der Waals surface area contributed by atoms with Crippen molar-refractivity contribution >= 4 is 38.3 Å². The van der Waals surface area contributed by atoms with E-state index in [1.807, 2.05) is 36.4 Å². The number of aromatic nitrogens is 2. The number of ether oxygens (including phenoxy) is 1. The van der Waals surface area contributed by atoms with Gasteiger partial charge in [0.1, 0.15) is 10.8 Å². The van der Waals surface area contributed by atoms with Crippen LogP contribution in [0.2, 0.25) is 0 Å². The highest BCUT2D eigenvalue weighted by atomic mass is 79.9. The zero-order chi connectivity index (χ0) is 16.9. The number of nitrogens with zero attached hydrogens (tertiary/aromatic N) is 2. The highest BCUT2D eigenvalue weighted by Gasteiger charge is 2.10. The van der Waals surface area contributed by atoms with E-state index in [-0.39, 0.29) is 5.91 Å². The van der Waals surface area contributed by atoms with Crippen LogP contribution in [-0.2, 0) is 6.42 Å². The summed E-state index contributed by atoms with van der Waals surface area (Å²) in [5.41, 5.74) is 1.68. The Morgan fingerprint density at radius 1 is 1.12 bits per heavy atom. The summed E-state index contributed by atoms with van der Waals surface area (Å²) in [6.07, 6.45) is 0.663. The van der Waals surface area contributed by atoms with Crippen LogP contribution in [0.1, 0.15) is 20.9 Å². The minimum Gasteiger partial charge on any atom is -0.497 e. The number of hydrogen-bond donors (Lipinski definition) is 1. The molecule has 0 fully saturated rings. The van der Waals surface area contributed by atoms with Crippen molar-refractivity contribution in [3.8, 4) is 5.75 Å². The van der Waals surface area contributed by atoms with E-state index in [1.165, 1.54) is 11.3 Å². The fraction of sp³-hybridized carbons (Fsp3) is 0.118. The predicted octanol–water partition coefficient (Wildman–Crippen LogP) is 4.15. The molecule has 0 saturated heterocycles. The minimum atomic E-state index is -0.199. The second kappa shape index (κ2) is 7.55. The monoisotopic (exact) mass is 403 g/mol. The first kappa shape index (κ1) is 16.6. The second-order valence-corrected chi connectivity index (χ2v) is 6.96. The van der Waals surface area contributed by atoms with Crippen LogP contribution in [0.5, 0.6) is 5.75 Å². The van der Waals surface area contributed by atoms with Crippen LogP contribution < -0.4 is 10.1 Å². The summed E-state index contributed by atoms with van der Waals surface area (Å²) in [6.45, 7) is 0. The third-order valence-corrected chi connectivity index (χ3v) is 4.68. The maximum absolute atomic E-state index is 12.2. The summed E-state index contributed by atoms with van der Waals surface area (Å²) in [5, 5.41) is 12.3. The van der Waals surface area contributed by atoms with E-state index < -0.39 is 0 Å². The van der Waals surface area contributed by atoms with E-state index in [2.05, 4.69) is 31.4 Å². The quantitative estimate of drug-likeness (QED) is 0.694. The van der Waals surface area contributed by atoms with Crippen molar-refractivity contribution in [3.05, 3.63) is 69.1 Å². The lowest BCUT2D eigenvalue weighted by atomic mass is 10.1. The molecule has 3 aromatic rings. The van der Waals surface area contributed by atoms with Crippen molar-refractivity contribution < 1.29 is 9.53 Å². The van der Waals surface area contributed by atoms with E-state index in [4.69, 9.17) is 4.74 Å². The first-order valence-electron chi connectivity index (χ1n) is 7.16. The highest BCUT2D eigenvalue weighted by Crippen LogP contribution is 2.21. The number of benzene rings is 2. The third kappa shape index (κ3) is 4.18. The Hall–Kier alpha value is -2.25. The Morgan fingerprint density at radius 3 is 2.50 bits per heavy atom. The molecule has 0 spiro atoms. The molecule has 0 aliphatic rings. The number of rotatable bonds is 5. The summed E-state index contributed by atoms with van der Waals surface area (Å²) in [5.74, 6) is 0.619. The zero-order valence-electron chi connectivity index (χ0n) is 12.8. The fourth-order valence-electron chi connectivity index (χ4n) is 2.06. The molecule has 0 unspecified atom stereocenters. The first-order chi connectivity index (χ1) is 11.6. The SMILES string of the molecule is COc1ccc(Cc2nnc(NC(=O)c3ccc(Br)cc3)s2)cc1. The number of hydrogen-bond acceptors (Lipinski definition) is 5. The Labute approximate surface area is 151 Å². The summed E-state index contributed by atoms with van der Waals surface area (Å²) in [7, 11) is 1.64. The molecule has 7 heteroatoms. The molecule has 0 aliphatic carbocycles. The van der Waals surface area contributed by atoms with Gasteiger partial charge in [0, 0.05) is 16.5 Å². The molecule has 5 nitrogen and oxygen atoms in total. The van der Waals surface area contributed by atoms with E-state index >= 15 is 0 Å². The van der Waals surface area contributed by atoms with Crippen molar-refractivity contribution in [2.75, 3.05) is 12.4 Å². The molecule has 0 aliphatic heterocycles. The summed E-state index contributed by atoms with van der Waals surface area (Å²) >= 11 is 4.71. The summed E-state index contributed by atoms with van der Waals surface area (Å²) < 4.78 is 6.07. The van der Waals surface area contributed by atoms with Gasteiger partial charge in [-0.25, -0.2) is 0 Å². The van der Waals surface area contributed by atoms with Crippen LogP contribution in [0.4, 0.5) is 5.13 Å².